The quantitative estimate of drug-likeness (QED) is 0.576. The highest BCUT2D eigenvalue weighted by Gasteiger charge is 2.09. The normalized spacial score (nSPS) is 9.50. The van der Waals surface area contributed by atoms with Crippen LogP contribution in [-0.2, 0) is 0 Å². The number of rotatable bonds is 2. The van der Waals surface area contributed by atoms with Gasteiger partial charge in [-0.3, -0.25) is 4.79 Å². The Morgan fingerprint density at radius 3 is 2.92 bits per heavy atom. The van der Waals surface area contributed by atoms with Gasteiger partial charge < -0.3 is 0 Å². The third-order valence-electron chi connectivity index (χ3n) is 1.23. The van der Waals surface area contributed by atoms with E-state index in [-0.39, 0.29) is 5.69 Å². The molecule has 1 aromatic heterocycles. The van der Waals surface area contributed by atoms with Crippen LogP contribution in [-0.4, -0.2) is 10.8 Å². The Labute approximate surface area is 77.3 Å². The van der Waals surface area contributed by atoms with Gasteiger partial charge in [-0.2, -0.15) is 0 Å². The van der Waals surface area contributed by atoms with Crippen molar-refractivity contribution in [1.82, 2.24) is 4.98 Å². The van der Waals surface area contributed by atoms with Crippen LogP contribution in [0.3, 0.4) is 0 Å². The van der Waals surface area contributed by atoms with Crippen LogP contribution in [0.5, 0.6) is 0 Å². The molecule has 0 N–H and O–H groups in total. The van der Waals surface area contributed by atoms with E-state index in [1.54, 1.807) is 0 Å². The summed E-state index contributed by atoms with van der Waals surface area (Å²) in [6.07, 6.45) is 2.39. The van der Waals surface area contributed by atoms with Crippen LogP contribution in [0.2, 0.25) is 0 Å². The second kappa shape index (κ2) is 3.58. The van der Waals surface area contributed by atoms with E-state index in [1.807, 2.05) is 0 Å². The lowest BCUT2D eigenvalue weighted by Gasteiger charge is -1.96. The molecule has 1 aromatic rings. The fraction of sp³-hybridized carbons (Fsp3) is 0. The van der Waals surface area contributed by atoms with E-state index in [2.05, 4.69) is 27.5 Å². The minimum atomic E-state index is -0.644. The number of ketones is 1. The number of allylic oxidation sites excluding steroid dienone is 1. The van der Waals surface area contributed by atoms with Crippen molar-refractivity contribution in [1.29, 1.82) is 0 Å². The lowest BCUT2D eigenvalue weighted by atomic mass is 10.2. The van der Waals surface area contributed by atoms with E-state index in [0.29, 0.717) is 4.47 Å². The largest absolute Gasteiger partial charge is 0.287 e. The summed E-state index contributed by atoms with van der Waals surface area (Å²) < 4.78 is 13.4. The molecule has 0 bridgehead atoms. The van der Waals surface area contributed by atoms with E-state index >= 15 is 0 Å². The molecule has 0 saturated carbocycles. The molecule has 0 saturated heterocycles. The first-order valence-electron chi connectivity index (χ1n) is 3.13. The Bertz CT molecular complexity index is 338. The van der Waals surface area contributed by atoms with E-state index < -0.39 is 11.6 Å². The lowest BCUT2D eigenvalue weighted by Crippen LogP contribution is -2.01. The van der Waals surface area contributed by atoms with E-state index in [4.69, 9.17) is 0 Å². The molecule has 0 aliphatic rings. The minimum Gasteiger partial charge on any atom is -0.287 e. The first-order valence-corrected chi connectivity index (χ1v) is 3.92. The molecule has 0 fully saturated rings. The van der Waals surface area contributed by atoms with Crippen LogP contribution < -0.4 is 0 Å². The zero-order valence-electron chi connectivity index (χ0n) is 6.05. The summed E-state index contributed by atoms with van der Waals surface area (Å²) in [4.78, 5) is 14.5. The average Bonchev–Trinajstić information content (AvgIpc) is 2.03. The Hall–Kier alpha value is -1.03. The van der Waals surface area contributed by atoms with Gasteiger partial charge in [-0.25, -0.2) is 9.37 Å². The van der Waals surface area contributed by atoms with Gasteiger partial charge in [0.2, 0.25) is 5.78 Å². The molecule has 0 aliphatic heterocycles. The van der Waals surface area contributed by atoms with E-state index in [0.717, 1.165) is 6.08 Å². The number of hydrogen-bond acceptors (Lipinski definition) is 2. The van der Waals surface area contributed by atoms with Crippen molar-refractivity contribution < 1.29 is 9.18 Å². The second-order valence-electron chi connectivity index (χ2n) is 2.05. The Morgan fingerprint density at radius 1 is 1.75 bits per heavy atom. The molecule has 0 atom stereocenters. The maximum Gasteiger partial charge on any atom is 0.206 e. The summed E-state index contributed by atoms with van der Waals surface area (Å²) in [7, 11) is 0. The highest BCUT2D eigenvalue weighted by molar-refractivity contribution is 9.10. The second-order valence-corrected chi connectivity index (χ2v) is 2.97. The average molecular weight is 230 g/mol. The highest BCUT2D eigenvalue weighted by atomic mass is 79.9. The molecule has 0 aromatic carbocycles. The molecule has 4 heteroatoms. The number of halogens is 2. The summed E-state index contributed by atoms with van der Waals surface area (Å²) in [6.45, 7) is 3.23. The van der Waals surface area contributed by atoms with Gasteiger partial charge in [0.15, 0.2) is 5.82 Å². The number of nitrogens with zero attached hydrogens (tertiary/aromatic N) is 1. The van der Waals surface area contributed by atoms with Gasteiger partial charge in [0.25, 0.3) is 0 Å². The summed E-state index contributed by atoms with van der Waals surface area (Å²) in [5.74, 6) is -1.16. The lowest BCUT2D eigenvalue weighted by molar-refractivity contribution is 0.103. The van der Waals surface area contributed by atoms with Crippen molar-refractivity contribution in [3.05, 3.63) is 40.9 Å². The zero-order valence-corrected chi connectivity index (χ0v) is 7.64. The molecule has 0 spiro atoms. The fourth-order valence-electron chi connectivity index (χ4n) is 0.693. The van der Waals surface area contributed by atoms with Crippen molar-refractivity contribution in [2.24, 2.45) is 0 Å². The van der Waals surface area contributed by atoms with Crippen LogP contribution in [0, 0.1) is 5.82 Å². The first-order chi connectivity index (χ1) is 5.65. The van der Waals surface area contributed by atoms with E-state index in [1.165, 1.54) is 12.3 Å². The fourth-order valence-corrected chi connectivity index (χ4v) is 0.996. The zero-order chi connectivity index (χ0) is 9.14. The molecule has 1 rings (SSSR count). The molecule has 62 valence electrons. The number of aromatic nitrogens is 1. The molecule has 0 unspecified atom stereocenters. The summed E-state index contributed by atoms with van der Waals surface area (Å²) in [5, 5.41) is 0. The first kappa shape index (κ1) is 9.06. The van der Waals surface area contributed by atoms with Gasteiger partial charge in [-0.05, 0) is 28.1 Å². The standard InChI is InChI=1S/C8H5BrFNO/c1-2-7(12)8-6(10)3-5(9)4-11-8/h2-4H,1H2. The number of carbonyl (C=O) groups is 1. The molecule has 0 amide bonds. The molecular weight excluding hydrogens is 225 g/mol. The van der Waals surface area contributed by atoms with Crippen molar-refractivity contribution in [3.63, 3.8) is 0 Å². The van der Waals surface area contributed by atoms with Crippen LogP contribution >= 0.6 is 15.9 Å². The Morgan fingerprint density at radius 2 is 2.42 bits per heavy atom. The van der Waals surface area contributed by atoms with Gasteiger partial charge >= 0.3 is 0 Å². The Kier molecular flexibility index (Phi) is 2.70. The van der Waals surface area contributed by atoms with Gasteiger partial charge in [-0.15, -0.1) is 0 Å². The van der Waals surface area contributed by atoms with Gasteiger partial charge in [0, 0.05) is 10.7 Å². The minimum absolute atomic E-state index is 0.201. The summed E-state index contributed by atoms with van der Waals surface area (Å²) in [5.41, 5.74) is -0.201. The number of hydrogen-bond donors (Lipinski definition) is 0. The van der Waals surface area contributed by atoms with Crippen LogP contribution in [0.1, 0.15) is 10.5 Å². The van der Waals surface area contributed by atoms with Gasteiger partial charge in [0.05, 0.1) is 0 Å². The molecule has 1 heterocycles. The van der Waals surface area contributed by atoms with Crippen molar-refractivity contribution >= 4 is 21.7 Å². The van der Waals surface area contributed by atoms with Crippen molar-refractivity contribution in [2.45, 2.75) is 0 Å². The third kappa shape index (κ3) is 1.76. The predicted octanol–water partition coefficient (Wildman–Crippen LogP) is 2.35. The molecular formula is C8H5BrFNO. The highest BCUT2D eigenvalue weighted by Crippen LogP contribution is 2.12. The maximum atomic E-state index is 12.9. The van der Waals surface area contributed by atoms with Crippen LogP contribution in [0.15, 0.2) is 29.4 Å². The van der Waals surface area contributed by atoms with Crippen LogP contribution in [0.4, 0.5) is 4.39 Å². The molecule has 2 nitrogen and oxygen atoms in total. The summed E-state index contributed by atoms with van der Waals surface area (Å²) in [6, 6.07) is 1.18. The van der Waals surface area contributed by atoms with Crippen molar-refractivity contribution in [3.8, 4) is 0 Å². The Balaban J connectivity index is 3.18. The molecule has 0 aliphatic carbocycles. The maximum absolute atomic E-state index is 12.9. The topological polar surface area (TPSA) is 30.0 Å². The SMILES string of the molecule is C=CC(=O)c1ncc(Br)cc1F. The van der Waals surface area contributed by atoms with Crippen molar-refractivity contribution in [2.75, 3.05) is 0 Å². The number of carbonyl (C=O) groups excluding carboxylic acids is 1. The van der Waals surface area contributed by atoms with E-state index in [9.17, 15) is 9.18 Å². The third-order valence-corrected chi connectivity index (χ3v) is 1.66. The molecule has 12 heavy (non-hydrogen) atoms. The predicted molar refractivity (Wildman–Crippen MR) is 46.4 cm³/mol. The smallest absolute Gasteiger partial charge is 0.206 e. The van der Waals surface area contributed by atoms with Gasteiger partial charge in [-0.1, -0.05) is 6.58 Å². The van der Waals surface area contributed by atoms with Gasteiger partial charge in [0.1, 0.15) is 5.69 Å². The van der Waals surface area contributed by atoms with Crippen LogP contribution in [0.25, 0.3) is 0 Å². The monoisotopic (exact) mass is 229 g/mol. The number of pyridine rings is 1. The molecule has 0 radical (unpaired) electrons. The summed E-state index contributed by atoms with van der Waals surface area (Å²) >= 11 is 3.03.